The van der Waals surface area contributed by atoms with Gasteiger partial charge >= 0.3 is 0 Å². The molecule has 126 valence electrons. The van der Waals surface area contributed by atoms with Crippen molar-refractivity contribution in [1.29, 1.82) is 0 Å². The number of halogens is 1. The molecule has 2 bridgehead atoms. The van der Waals surface area contributed by atoms with Gasteiger partial charge in [-0.2, -0.15) is 5.10 Å². The second-order valence-corrected chi connectivity index (χ2v) is 9.17. The lowest BCUT2D eigenvalue weighted by Gasteiger charge is -2.34. The summed E-state index contributed by atoms with van der Waals surface area (Å²) in [5, 5.41) is 6.35. The molecule has 1 aromatic carbocycles. The molecule has 2 aromatic rings. The molecule has 2 aliphatic rings. The third kappa shape index (κ3) is 2.39. The second kappa shape index (κ2) is 5.57. The molecule has 1 heterocycles. The largest absolute Gasteiger partial charge is 0.253 e. The first-order valence-corrected chi connectivity index (χ1v) is 9.64. The average molecular weight is 360 g/mol. The zero-order chi connectivity index (χ0) is 16.9. The monoisotopic (exact) mass is 359 g/mol. The Morgan fingerprint density at radius 2 is 2.00 bits per heavy atom. The lowest BCUT2D eigenvalue weighted by Crippen LogP contribution is -2.32. The molecule has 5 heteroatoms. The summed E-state index contributed by atoms with van der Waals surface area (Å²) in [6, 6.07) is 7.85. The Kier molecular flexibility index (Phi) is 3.73. The quantitative estimate of drug-likeness (QED) is 0.674. The van der Waals surface area contributed by atoms with Gasteiger partial charge in [0.2, 0.25) is 5.13 Å². The molecule has 0 aliphatic heterocycles. The van der Waals surface area contributed by atoms with E-state index in [0.717, 1.165) is 32.9 Å². The summed E-state index contributed by atoms with van der Waals surface area (Å²) in [6.45, 7) is 7.17. The van der Waals surface area contributed by atoms with Gasteiger partial charge in [-0.05, 0) is 48.3 Å². The summed E-state index contributed by atoms with van der Waals surface area (Å²) in [6.07, 6.45) is 5.59. The molecule has 4 rings (SSSR count). The molecular formula is C19H22ClN3S. The molecule has 2 unspecified atom stereocenters. The maximum atomic E-state index is 5.95. The summed E-state index contributed by atoms with van der Waals surface area (Å²) in [5.74, 6) is 0.768. The van der Waals surface area contributed by atoms with Crippen LogP contribution < -0.4 is 5.43 Å². The minimum absolute atomic E-state index is 0.223. The first kappa shape index (κ1) is 16.1. The number of nitrogens with one attached hydrogen (secondary N) is 1. The molecule has 2 aliphatic carbocycles. The van der Waals surface area contributed by atoms with E-state index in [-0.39, 0.29) is 5.41 Å². The number of nitrogens with zero attached hydrogens (tertiary/aromatic N) is 2. The van der Waals surface area contributed by atoms with Gasteiger partial charge in [0.15, 0.2) is 0 Å². The van der Waals surface area contributed by atoms with Crippen molar-refractivity contribution in [2.24, 2.45) is 21.8 Å². The zero-order valence-corrected chi connectivity index (χ0v) is 15.8. The highest BCUT2D eigenvalue weighted by Gasteiger charge is 2.59. The maximum Gasteiger partial charge on any atom is 0.203 e. The van der Waals surface area contributed by atoms with Crippen molar-refractivity contribution < 1.29 is 0 Å². The Morgan fingerprint density at radius 3 is 2.62 bits per heavy atom. The van der Waals surface area contributed by atoms with E-state index in [4.69, 9.17) is 16.7 Å². The third-order valence-electron chi connectivity index (χ3n) is 6.43. The van der Waals surface area contributed by atoms with Gasteiger partial charge in [-0.1, -0.05) is 55.8 Å². The predicted molar refractivity (Wildman–Crippen MR) is 103 cm³/mol. The highest BCUT2D eigenvalue weighted by Crippen LogP contribution is 2.63. The number of thiazole rings is 1. The van der Waals surface area contributed by atoms with E-state index in [1.807, 2.05) is 30.5 Å². The van der Waals surface area contributed by atoms with Crippen molar-refractivity contribution in [3.05, 3.63) is 35.5 Å². The zero-order valence-electron chi connectivity index (χ0n) is 14.3. The fourth-order valence-electron chi connectivity index (χ4n) is 4.29. The van der Waals surface area contributed by atoms with Gasteiger partial charge in [0.25, 0.3) is 0 Å². The van der Waals surface area contributed by atoms with E-state index in [1.165, 1.54) is 18.6 Å². The van der Waals surface area contributed by atoms with Crippen LogP contribution in [0.1, 0.15) is 40.0 Å². The van der Waals surface area contributed by atoms with Gasteiger partial charge in [-0.25, -0.2) is 4.98 Å². The topological polar surface area (TPSA) is 37.3 Å². The molecular weight excluding hydrogens is 338 g/mol. The smallest absolute Gasteiger partial charge is 0.203 e. The standard InChI is InChI=1S/C19H22ClN3S/c1-18(2)13-8-9-19(18,3)16(10-13)22-23-17-21-11-15(24-17)12-4-6-14(20)7-5-12/h4-7,11,13H,8-10H2,1-3H3,(H,21,23). The molecule has 0 saturated heterocycles. The van der Waals surface area contributed by atoms with Crippen molar-refractivity contribution in [2.75, 3.05) is 5.43 Å². The SMILES string of the molecule is CC12CCC(CC1=NNc1ncc(-c3ccc(Cl)cc3)s1)C2(C)C. The van der Waals surface area contributed by atoms with Crippen molar-refractivity contribution in [2.45, 2.75) is 40.0 Å². The number of benzene rings is 1. The van der Waals surface area contributed by atoms with E-state index in [9.17, 15) is 0 Å². The van der Waals surface area contributed by atoms with Crippen molar-refractivity contribution >= 4 is 33.8 Å². The van der Waals surface area contributed by atoms with E-state index in [1.54, 1.807) is 11.3 Å². The van der Waals surface area contributed by atoms with Crippen LogP contribution in [0.5, 0.6) is 0 Å². The molecule has 1 N–H and O–H groups in total. The van der Waals surface area contributed by atoms with Crippen molar-refractivity contribution in [3.63, 3.8) is 0 Å². The van der Waals surface area contributed by atoms with Gasteiger partial charge in [-0.15, -0.1) is 0 Å². The Balaban J connectivity index is 1.52. The van der Waals surface area contributed by atoms with E-state index < -0.39 is 0 Å². The minimum atomic E-state index is 0.223. The van der Waals surface area contributed by atoms with Crippen LogP contribution in [0, 0.1) is 16.7 Å². The predicted octanol–water partition coefficient (Wildman–Crippen LogP) is 6.08. The van der Waals surface area contributed by atoms with Crippen LogP contribution in [0.4, 0.5) is 5.13 Å². The van der Waals surface area contributed by atoms with E-state index >= 15 is 0 Å². The number of hydrazone groups is 1. The first-order valence-electron chi connectivity index (χ1n) is 8.45. The molecule has 2 saturated carbocycles. The summed E-state index contributed by atoms with van der Waals surface area (Å²) < 4.78 is 0. The lowest BCUT2D eigenvalue weighted by molar-refractivity contribution is 0.194. The highest BCUT2D eigenvalue weighted by molar-refractivity contribution is 7.18. The van der Waals surface area contributed by atoms with Crippen molar-refractivity contribution in [1.82, 2.24) is 4.98 Å². The van der Waals surface area contributed by atoms with Crippen LogP contribution in [-0.4, -0.2) is 10.7 Å². The summed E-state index contributed by atoms with van der Waals surface area (Å²) in [4.78, 5) is 5.58. The average Bonchev–Trinajstić information content (AvgIpc) is 3.16. The fraction of sp³-hybridized carbons (Fsp3) is 0.474. The fourth-order valence-corrected chi connectivity index (χ4v) is 5.18. The summed E-state index contributed by atoms with van der Waals surface area (Å²) in [5.41, 5.74) is 6.22. The van der Waals surface area contributed by atoms with Crippen LogP contribution in [0.3, 0.4) is 0 Å². The maximum absolute atomic E-state index is 5.95. The number of aromatic nitrogens is 1. The molecule has 2 atom stereocenters. The van der Waals surface area contributed by atoms with E-state index in [0.29, 0.717) is 5.41 Å². The van der Waals surface area contributed by atoms with Gasteiger partial charge in [0, 0.05) is 22.3 Å². The lowest BCUT2D eigenvalue weighted by atomic mass is 9.70. The van der Waals surface area contributed by atoms with Gasteiger partial charge in [0.05, 0.1) is 4.88 Å². The third-order valence-corrected chi connectivity index (χ3v) is 7.64. The first-order chi connectivity index (χ1) is 11.4. The minimum Gasteiger partial charge on any atom is -0.253 e. The molecule has 0 radical (unpaired) electrons. The van der Waals surface area contributed by atoms with Crippen molar-refractivity contribution in [3.8, 4) is 10.4 Å². The number of hydrogen-bond acceptors (Lipinski definition) is 4. The van der Waals surface area contributed by atoms with E-state index in [2.05, 4.69) is 31.2 Å². The highest BCUT2D eigenvalue weighted by atomic mass is 35.5. The Morgan fingerprint density at radius 1 is 1.25 bits per heavy atom. The second-order valence-electron chi connectivity index (χ2n) is 7.70. The van der Waals surface area contributed by atoms with Crippen LogP contribution in [0.15, 0.2) is 35.6 Å². The van der Waals surface area contributed by atoms with Crippen LogP contribution in [-0.2, 0) is 0 Å². The molecule has 0 amide bonds. The van der Waals surface area contributed by atoms with Crippen LogP contribution >= 0.6 is 22.9 Å². The number of rotatable bonds is 3. The van der Waals surface area contributed by atoms with Gasteiger partial charge in [-0.3, -0.25) is 5.43 Å². The summed E-state index contributed by atoms with van der Waals surface area (Å²) >= 11 is 7.57. The Hall–Kier alpha value is -1.39. The van der Waals surface area contributed by atoms with Crippen LogP contribution in [0.2, 0.25) is 5.02 Å². The molecule has 24 heavy (non-hydrogen) atoms. The van der Waals surface area contributed by atoms with Crippen LogP contribution in [0.25, 0.3) is 10.4 Å². The molecule has 0 spiro atoms. The number of anilines is 1. The molecule has 2 fully saturated rings. The Bertz CT molecular complexity index is 793. The normalized spacial score (nSPS) is 29.3. The molecule has 3 nitrogen and oxygen atoms in total. The summed E-state index contributed by atoms with van der Waals surface area (Å²) in [7, 11) is 0. The number of hydrogen-bond donors (Lipinski definition) is 1. The Labute approximate surface area is 152 Å². The number of fused-ring (bicyclic) bond motifs is 2. The van der Waals surface area contributed by atoms with Gasteiger partial charge in [0.1, 0.15) is 0 Å². The molecule has 1 aromatic heterocycles. The van der Waals surface area contributed by atoms with Gasteiger partial charge < -0.3 is 0 Å².